The second-order valence-electron chi connectivity index (χ2n) is 2.00. The maximum absolute atomic E-state index is 8.17. The van der Waals surface area contributed by atoms with Crippen LogP contribution in [-0.4, -0.2) is 34.6 Å². The number of aliphatic hydroxyl groups is 3. The topological polar surface area (TPSA) is 60.7 Å². The Morgan fingerprint density at radius 1 is 1.17 bits per heavy atom. The van der Waals surface area contributed by atoms with Crippen molar-refractivity contribution in [2.75, 3.05) is 13.2 Å². The van der Waals surface area contributed by atoms with Crippen molar-refractivity contribution in [1.82, 2.24) is 0 Å². The first-order chi connectivity index (χ1) is 5.62. The van der Waals surface area contributed by atoms with Crippen LogP contribution in [0.25, 0.3) is 0 Å². The number of rotatable bonds is 4. The standard InChI is InChI=1S/C6H8.C3H8O3/c1-4-6(3)5-2;4-1-3(6)2-5/h4-5H,1-3H2;3-6H,1-2H2. The average molecular weight is 172 g/mol. The number of hydrogen-bond donors (Lipinski definition) is 3. The molecule has 0 radical (unpaired) electrons. The van der Waals surface area contributed by atoms with E-state index >= 15 is 0 Å². The van der Waals surface area contributed by atoms with Gasteiger partial charge in [0.1, 0.15) is 6.10 Å². The zero-order valence-corrected chi connectivity index (χ0v) is 7.11. The molecule has 0 aliphatic rings. The van der Waals surface area contributed by atoms with Crippen LogP contribution in [0.5, 0.6) is 0 Å². The molecule has 0 aromatic carbocycles. The lowest BCUT2D eigenvalue weighted by Crippen LogP contribution is -2.15. The second-order valence-corrected chi connectivity index (χ2v) is 2.00. The van der Waals surface area contributed by atoms with E-state index in [1.54, 1.807) is 12.2 Å². The number of aliphatic hydroxyl groups excluding tert-OH is 3. The van der Waals surface area contributed by atoms with Gasteiger partial charge < -0.3 is 15.3 Å². The molecule has 0 aliphatic carbocycles. The molecule has 0 saturated carbocycles. The minimum atomic E-state index is -0.954. The van der Waals surface area contributed by atoms with Crippen LogP contribution in [-0.2, 0) is 0 Å². The summed E-state index contributed by atoms with van der Waals surface area (Å²) in [6, 6.07) is 0. The van der Waals surface area contributed by atoms with Crippen LogP contribution in [0.1, 0.15) is 0 Å². The molecule has 0 atom stereocenters. The largest absolute Gasteiger partial charge is 0.394 e. The van der Waals surface area contributed by atoms with Crippen LogP contribution in [0.4, 0.5) is 0 Å². The van der Waals surface area contributed by atoms with Crippen molar-refractivity contribution in [3.8, 4) is 0 Å². The molecular weight excluding hydrogens is 156 g/mol. The van der Waals surface area contributed by atoms with Gasteiger partial charge in [-0.05, 0) is 5.57 Å². The van der Waals surface area contributed by atoms with Gasteiger partial charge in [-0.25, -0.2) is 0 Å². The Hall–Kier alpha value is -0.900. The van der Waals surface area contributed by atoms with Crippen LogP contribution < -0.4 is 0 Å². The summed E-state index contributed by atoms with van der Waals surface area (Å²) in [5, 5.41) is 24.0. The summed E-state index contributed by atoms with van der Waals surface area (Å²) in [5.74, 6) is 0. The Morgan fingerprint density at radius 3 is 1.50 bits per heavy atom. The van der Waals surface area contributed by atoms with Gasteiger partial charge in [-0.15, -0.1) is 0 Å². The molecule has 0 aromatic heterocycles. The molecule has 0 saturated heterocycles. The summed E-state index contributed by atoms with van der Waals surface area (Å²) >= 11 is 0. The first-order valence-electron chi connectivity index (χ1n) is 3.45. The molecular formula is C9H16O3. The molecule has 0 unspecified atom stereocenters. The van der Waals surface area contributed by atoms with Gasteiger partial charge in [-0.3, -0.25) is 0 Å². The molecule has 0 fully saturated rings. The van der Waals surface area contributed by atoms with E-state index in [0.29, 0.717) is 0 Å². The zero-order chi connectivity index (χ0) is 9.98. The van der Waals surface area contributed by atoms with E-state index in [2.05, 4.69) is 19.7 Å². The van der Waals surface area contributed by atoms with Gasteiger partial charge in [0, 0.05) is 0 Å². The van der Waals surface area contributed by atoms with E-state index in [9.17, 15) is 0 Å². The fraction of sp³-hybridized carbons (Fsp3) is 0.333. The first-order valence-corrected chi connectivity index (χ1v) is 3.45. The fourth-order valence-electron chi connectivity index (χ4n) is 0.141. The summed E-state index contributed by atoms with van der Waals surface area (Å²) in [6.07, 6.45) is 2.37. The molecule has 0 amide bonds. The highest BCUT2D eigenvalue weighted by Gasteiger charge is 1.93. The SMILES string of the molecule is C=CC(=C)C=C.OCC(O)CO. The molecule has 0 aromatic rings. The predicted octanol–water partition coefficient (Wildman–Crippen LogP) is 0.246. The van der Waals surface area contributed by atoms with Crippen LogP contribution in [0, 0.1) is 0 Å². The second kappa shape index (κ2) is 10.1. The van der Waals surface area contributed by atoms with Gasteiger partial charge in [0.25, 0.3) is 0 Å². The quantitative estimate of drug-likeness (QED) is 0.533. The lowest BCUT2D eigenvalue weighted by atomic mass is 10.3. The van der Waals surface area contributed by atoms with E-state index < -0.39 is 6.10 Å². The van der Waals surface area contributed by atoms with Crippen molar-refractivity contribution in [3.63, 3.8) is 0 Å². The van der Waals surface area contributed by atoms with E-state index in [4.69, 9.17) is 15.3 Å². The van der Waals surface area contributed by atoms with Crippen molar-refractivity contribution in [1.29, 1.82) is 0 Å². The Bertz CT molecular complexity index is 127. The van der Waals surface area contributed by atoms with E-state index in [1.807, 2.05) is 0 Å². The molecule has 0 aliphatic heterocycles. The summed E-state index contributed by atoms with van der Waals surface area (Å²) in [7, 11) is 0. The van der Waals surface area contributed by atoms with Crippen LogP contribution in [0.3, 0.4) is 0 Å². The molecule has 70 valence electrons. The molecule has 12 heavy (non-hydrogen) atoms. The third-order valence-electron chi connectivity index (χ3n) is 0.946. The monoisotopic (exact) mass is 172 g/mol. The molecule has 0 rings (SSSR count). The van der Waals surface area contributed by atoms with Crippen molar-refractivity contribution < 1.29 is 15.3 Å². The fourth-order valence-corrected chi connectivity index (χ4v) is 0.141. The van der Waals surface area contributed by atoms with Crippen LogP contribution in [0.15, 0.2) is 37.5 Å². The lowest BCUT2D eigenvalue weighted by Gasteiger charge is -1.96. The molecule has 0 heterocycles. The summed E-state index contributed by atoms with van der Waals surface area (Å²) in [4.78, 5) is 0. The zero-order valence-electron chi connectivity index (χ0n) is 7.11. The highest BCUT2D eigenvalue weighted by molar-refractivity contribution is 5.22. The van der Waals surface area contributed by atoms with Gasteiger partial charge in [0.05, 0.1) is 13.2 Å². The van der Waals surface area contributed by atoms with Gasteiger partial charge in [-0.2, -0.15) is 0 Å². The molecule has 3 nitrogen and oxygen atoms in total. The van der Waals surface area contributed by atoms with Crippen molar-refractivity contribution >= 4 is 0 Å². The minimum Gasteiger partial charge on any atom is -0.394 e. The summed E-state index contributed by atoms with van der Waals surface area (Å²) < 4.78 is 0. The Labute approximate surface area is 73.0 Å². The maximum Gasteiger partial charge on any atom is 0.100 e. The van der Waals surface area contributed by atoms with Gasteiger partial charge in [0.2, 0.25) is 0 Å². The normalized spacial score (nSPS) is 8.33. The third-order valence-corrected chi connectivity index (χ3v) is 0.946. The van der Waals surface area contributed by atoms with Crippen LogP contribution >= 0.6 is 0 Å². The van der Waals surface area contributed by atoms with Crippen molar-refractivity contribution in [2.45, 2.75) is 6.10 Å². The van der Waals surface area contributed by atoms with E-state index in [-0.39, 0.29) is 13.2 Å². The molecule has 0 bridgehead atoms. The number of allylic oxidation sites excluding steroid dienone is 3. The summed E-state index contributed by atoms with van der Waals surface area (Å²) in [6.45, 7) is 9.75. The minimum absolute atomic E-state index is 0.365. The van der Waals surface area contributed by atoms with Crippen LogP contribution in [0.2, 0.25) is 0 Å². The smallest absolute Gasteiger partial charge is 0.100 e. The van der Waals surface area contributed by atoms with Gasteiger partial charge in [0.15, 0.2) is 0 Å². The third kappa shape index (κ3) is 11.8. The van der Waals surface area contributed by atoms with Crippen molar-refractivity contribution in [2.24, 2.45) is 0 Å². The maximum atomic E-state index is 8.17. The van der Waals surface area contributed by atoms with Gasteiger partial charge in [-0.1, -0.05) is 31.9 Å². The highest BCUT2D eigenvalue weighted by Crippen LogP contribution is 1.86. The Balaban J connectivity index is 0. The molecule has 3 N–H and O–H groups in total. The highest BCUT2D eigenvalue weighted by atomic mass is 16.3. The first kappa shape index (κ1) is 13.7. The Morgan fingerprint density at radius 2 is 1.50 bits per heavy atom. The molecule has 0 spiro atoms. The molecule has 3 heteroatoms. The van der Waals surface area contributed by atoms with Gasteiger partial charge >= 0.3 is 0 Å². The lowest BCUT2D eigenvalue weighted by molar-refractivity contribution is 0.0450. The Kier molecular flexibility index (Phi) is 11.5. The number of hydrogen-bond acceptors (Lipinski definition) is 3. The van der Waals surface area contributed by atoms with Crippen molar-refractivity contribution in [3.05, 3.63) is 37.5 Å². The van der Waals surface area contributed by atoms with E-state index in [0.717, 1.165) is 5.57 Å². The summed E-state index contributed by atoms with van der Waals surface area (Å²) in [5.41, 5.74) is 0.870. The predicted molar refractivity (Wildman–Crippen MR) is 49.7 cm³/mol. The average Bonchev–Trinajstić information content (AvgIpc) is 2.16. The van der Waals surface area contributed by atoms with E-state index in [1.165, 1.54) is 0 Å².